The van der Waals surface area contributed by atoms with Crippen LogP contribution in [0.5, 0.6) is 0 Å². The van der Waals surface area contributed by atoms with E-state index in [1.807, 2.05) is 0 Å². The summed E-state index contributed by atoms with van der Waals surface area (Å²) in [6.07, 6.45) is 10.9. The average molecular weight is 282 g/mol. The molecule has 2 aliphatic rings. The van der Waals surface area contributed by atoms with Gasteiger partial charge < -0.3 is 15.3 Å². The summed E-state index contributed by atoms with van der Waals surface area (Å²) >= 11 is 0. The van der Waals surface area contributed by atoms with Gasteiger partial charge >= 0.3 is 12.0 Å². The minimum absolute atomic E-state index is 0.108. The number of carboxylic acids is 1. The first kappa shape index (κ1) is 15.1. The molecule has 0 aromatic rings. The van der Waals surface area contributed by atoms with E-state index in [-0.39, 0.29) is 24.7 Å². The van der Waals surface area contributed by atoms with Crippen LogP contribution in [0.3, 0.4) is 0 Å². The fourth-order valence-corrected chi connectivity index (χ4v) is 3.41. The third-order valence-electron chi connectivity index (χ3n) is 4.51. The van der Waals surface area contributed by atoms with Crippen molar-refractivity contribution in [3.63, 3.8) is 0 Å². The Balaban J connectivity index is 1.92. The fourth-order valence-electron chi connectivity index (χ4n) is 3.41. The molecule has 0 bridgehead atoms. The summed E-state index contributed by atoms with van der Waals surface area (Å²) in [7, 11) is 0. The Bertz CT molecular complexity index is 332. The van der Waals surface area contributed by atoms with Crippen LogP contribution in [0.15, 0.2) is 0 Å². The molecule has 2 aliphatic carbocycles. The van der Waals surface area contributed by atoms with Crippen molar-refractivity contribution in [1.29, 1.82) is 0 Å². The Hall–Kier alpha value is -1.26. The molecule has 0 atom stereocenters. The molecule has 5 nitrogen and oxygen atoms in total. The number of nitrogens with one attached hydrogen (secondary N) is 1. The molecular weight excluding hydrogens is 256 g/mol. The van der Waals surface area contributed by atoms with Crippen LogP contribution >= 0.6 is 0 Å². The first-order valence-corrected chi connectivity index (χ1v) is 7.96. The van der Waals surface area contributed by atoms with Gasteiger partial charge in [0.2, 0.25) is 0 Å². The molecule has 2 amide bonds. The standard InChI is InChI=1S/C15H26N2O3/c18-14(19)11-17(13-9-5-6-10-13)15(20)16-12-7-3-1-2-4-8-12/h12-13H,1-11H2,(H,16,20)(H,18,19). The van der Waals surface area contributed by atoms with E-state index in [2.05, 4.69) is 5.32 Å². The lowest BCUT2D eigenvalue weighted by molar-refractivity contribution is -0.138. The van der Waals surface area contributed by atoms with E-state index < -0.39 is 5.97 Å². The Morgan fingerprint density at radius 3 is 2.05 bits per heavy atom. The van der Waals surface area contributed by atoms with Gasteiger partial charge in [-0.25, -0.2) is 4.79 Å². The maximum atomic E-state index is 12.4. The number of amides is 2. The van der Waals surface area contributed by atoms with E-state index in [1.165, 1.54) is 12.8 Å². The summed E-state index contributed by atoms with van der Waals surface area (Å²) in [5, 5.41) is 12.1. The van der Waals surface area contributed by atoms with Crippen LogP contribution < -0.4 is 5.32 Å². The first-order valence-electron chi connectivity index (χ1n) is 7.96. The normalized spacial score (nSPS) is 21.4. The molecule has 0 aliphatic heterocycles. The highest BCUT2D eigenvalue weighted by Gasteiger charge is 2.29. The largest absolute Gasteiger partial charge is 0.480 e. The van der Waals surface area contributed by atoms with Crippen LogP contribution in [0, 0.1) is 0 Å². The van der Waals surface area contributed by atoms with Crippen molar-refractivity contribution in [3.8, 4) is 0 Å². The van der Waals surface area contributed by atoms with E-state index in [1.54, 1.807) is 4.90 Å². The molecule has 0 saturated heterocycles. The van der Waals surface area contributed by atoms with Gasteiger partial charge in [0.15, 0.2) is 0 Å². The van der Waals surface area contributed by atoms with Crippen LogP contribution in [-0.4, -0.2) is 40.6 Å². The molecule has 0 aromatic heterocycles. The van der Waals surface area contributed by atoms with Gasteiger partial charge in [-0.3, -0.25) is 4.79 Å². The molecule has 2 fully saturated rings. The van der Waals surface area contributed by atoms with Gasteiger partial charge in [-0.2, -0.15) is 0 Å². The number of urea groups is 1. The Morgan fingerprint density at radius 1 is 0.950 bits per heavy atom. The molecule has 0 aromatic carbocycles. The zero-order chi connectivity index (χ0) is 14.4. The first-order chi connectivity index (χ1) is 9.66. The third-order valence-corrected chi connectivity index (χ3v) is 4.51. The molecule has 114 valence electrons. The highest BCUT2D eigenvalue weighted by Crippen LogP contribution is 2.24. The molecular formula is C15H26N2O3. The maximum Gasteiger partial charge on any atom is 0.323 e. The lowest BCUT2D eigenvalue weighted by Gasteiger charge is -2.29. The topological polar surface area (TPSA) is 69.6 Å². The van der Waals surface area contributed by atoms with Crippen molar-refractivity contribution in [1.82, 2.24) is 10.2 Å². The van der Waals surface area contributed by atoms with Gasteiger partial charge in [-0.05, 0) is 25.7 Å². The summed E-state index contributed by atoms with van der Waals surface area (Å²) in [6.45, 7) is -0.177. The molecule has 5 heteroatoms. The predicted molar refractivity (Wildman–Crippen MR) is 76.6 cm³/mol. The van der Waals surface area contributed by atoms with Crippen LogP contribution in [0.25, 0.3) is 0 Å². The van der Waals surface area contributed by atoms with Crippen LogP contribution in [0.1, 0.15) is 64.2 Å². The van der Waals surface area contributed by atoms with Gasteiger partial charge in [0, 0.05) is 12.1 Å². The minimum atomic E-state index is -0.923. The number of aliphatic carboxylic acids is 1. The number of carbonyl (C=O) groups excluding carboxylic acids is 1. The molecule has 2 saturated carbocycles. The summed E-state index contributed by atoms with van der Waals surface area (Å²) < 4.78 is 0. The van der Waals surface area contributed by atoms with Gasteiger partial charge in [0.25, 0.3) is 0 Å². The van der Waals surface area contributed by atoms with Crippen molar-refractivity contribution < 1.29 is 14.7 Å². The molecule has 2 rings (SSSR count). The molecule has 0 radical (unpaired) electrons. The smallest absolute Gasteiger partial charge is 0.323 e. The van der Waals surface area contributed by atoms with Crippen LogP contribution in [0.4, 0.5) is 4.79 Å². The van der Waals surface area contributed by atoms with Crippen molar-refractivity contribution in [2.45, 2.75) is 76.3 Å². The second-order valence-corrected chi connectivity index (χ2v) is 6.10. The van der Waals surface area contributed by atoms with E-state index >= 15 is 0 Å². The lowest BCUT2D eigenvalue weighted by Crippen LogP contribution is -2.50. The van der Waals surface area contributed by atoms with Crippen molar-refractivity contribution in [3.05, 3.63) is 0 Å². The minimum Gasteiger partial charge on any atom is -0.480 e. The zero-order valence-corrected chi connectivity index (χ0v) is 12.1. The molecule has 0 heterocycles. The second-order valence-electron chi connectivity index (χ2n) is 6.10. The molecule has 2 N–H and O–H groups in total. The van der Waals surface area contributed by atoms with Crippen molar-refractivity contribution in [2.24, 2.45) is 0 Å². The second kappa shape index (κ2) is 7.50. The molecule has 20 heavy (non-hydrogen) atoms. The Labute approximate surface area is 120 Å². The lowest BCUT2D eigenvalue weighted by atomic mass is 10.1. The predicted octanol–water partition coefficient (Wildman–Crippen LogP) is 2.75. The van der Waals surface area contributed by atoms with Gasteiger partial charge in [-0.1, -0.05) is 38.5 Å². The summed E-state index contributed by atoms with van der Waals surface area (Å²) in [4.78, 5) is 24.9. The number of rotatable bonds is 4. The quantitative estimate of drug-likeness (QED) is 0.779. The summed E-state index contributed by atoms with van der Waals surface area (Å²) in [5.41, 5.74) is 0. The monoisotopic (exact) mass is 282 g/mol. The highest BCUT2D eigenvalue weighted by molar-refractivity contribution is 5.80. The van der Waals surface area contributed by atoms with Crippen molar-refractivity contribution >= 4 is 12.0 Å². The summed E-state index contributed by atoms with van der Waals surface area (Å²) in [5.74, 6) is -0.923. The Kier molecular flexibility index (Phi) is 5.68. The average Bonchev–Trinajstić information content (AvgIpc) is 2.81. The van der Waals surface area contributed by atoms with E-state index in [0.717, 1.165) is 51.4 Å². The maximum absolute atomic E-state index is 12.4. The van der Waals surface area contributed by atoms with Crippen LogP contribution in [0.2, 0.25) is 0 Å². The SMILES string of the molecule is O=C(O)CN(C(=O)NC1CCCCCC1)C1CCCC1. The van der Waals surface area contributed by atoms with E-state index in [9.17, 15) is 9.59 Å². The number of nitrogens with zero attached hydrogens (tertiary/aromatic N) is 1. The molecule has 0 unspecified atom stereocenters. The third kappa shape index (κ3) is 4.39. The fraction of sp³-hybridized carbons (Fsp3) is 0.867. The Morgan fingerprint density at radius 2 is 1.50 bits per heavy atom. The van der Waals surface area contributed by atoms with E-state index in [4.69, 9.17) is 5.11 Å². The van der Waals surface area contributed by atoms with Gasteiger partial charge in [-0.15, -0.1) is 0 Å². The van der Waals surface area contributed by atoms with Gasteiger partial charge in [0.05, 0.1) is 0 Å². The number of carboxylic acid groups (broad SMARTS) is 1. The van der Waals surface area contributed by atoms with Gasteiger partial charge in [0.1, 0.15) is 6.54 Å². The number of hydrogen-bond donors (Lipinski definition) is 2. The summed E-state index contributed by atoms with van der Waals surface area (Å²) in [6, 6.07) is 0.158. The number of hydrogen-bond acceptors (Lipinski definition) is 2. The highest BCUT2D eigenvalue weighted by atomic mass is 16.4. The number of carbonyl (C=O) groups is 2. The molecule has 0 spiro atoms. The van der Waals surface area contributed by atoms with Crippen molar-refractivity contribution in [2.75, 3.05) is 6.54 Å². The van der Waals surface area contributed by atoms with E-state index in [0.29, 0.717) is 0 Å². The van der Waals surface area contributed by atoms with Crippen LogP contribution in [-0.2, 0) is 4.79 Å². The zero-order valence-electron chi connectivity index (χ0n) is 12.1.